The van der Waals surface area contributed by atoms with E-state index in [9.17, 15) is 18.4 Å². The van der Waals surface area contributed by atoms with E-state index in [0.717, 1.165) is 18.6 Å². The molecule has 23 heavy (non-hydrogen) atoms. The molecule has 0 aliphatic carbocycles. The highest BCUT2D eigenvalue weighted by atomic mass is 19.2. The van der Waals surface area contributed by atoms with Crippen molar-refractivity contribution in [2.75, 3.05) is 26.2 Å². The van der Waals surface area contributed by atoms with Gasteiger partial charge in [0.15, 0.2) is 11.6 Å². The maximum atomic E-state index is 13.0. The van der Waals surface area contributed by atoms with E-state index in [4.69, 9.17) is 10.5 Å². The molecule has 2 rings (SSSR count). The summed E-state index contributed by atoms with van der Waals surface area (Å²) in [6.45, 7) is 1.23. The molecule has 8 heteroatoms. The Labute approximate surface area is 132 Å². The molecule has 0 aromatic heterocycles. The standard InChI is InChI=1S/C15H19F2N3O3/c16-12-4-3-11(8-13(12)17)23-7-5-19-14(21)10-2-1-6-20(9-10)15(18)22/h3-4,8,10H,1-2,5-7,9H2,(H2,18,22)(H,19,21)/t10-/m1/s1. The number of nitrogens with one attached hydrogen (secondary N) is 1. The number of amides is 3. The fourth-order valence-corrected chi connectivity index (χ4v) is 2.45. The topological polar surface area (TPSA) is 84.7 Å². The van der Waals surface area contributed by atoms with Crippen LogP contribution >= 0.6 is 0 Å². The normalized spacial score (nSPS) is 17.7. The molecule has 0 radical (unpaired) electrons. The van der Waals surface area contributed by atoms with Gasteiger partial charge in [-0.15, -0.1) is 0 Å². The third-order valence-electron chi connectivity index (χ3n) is 3.66. The molecular formula is C15H19F2N3O3. The van der Waals surface area contributed by atoms with Gasteiger partial charge in [-0.3, -0.25) is 4.79 Å². The molecule has 3 N–H and O–H groups in total. The summed E-state index contributed by atoms with van der Waals surface area (Å²) in [5, 5.41) is 2.70. The fraction of sp³-hybridized carbons (Fsp3) is 0.467. The number of benzene rings is 1. The second kappa shape index (κ2) is 7.75. The predicted octanol–water partition coefficient (Wildman–Crippen LogP) is 1.25. The highest BCUT2D eigenvalue weighted by Gasteiger charge is 2.27. The second-order valence-electron chi connectivity index (χ2n) is 5.34. The van der Waals surface area contributed by atoms with E-state index in [1.807, 2.05) is 0 Å². The highest BCUT2D eigenvalue weighted by molar-refractivity contribution is 5.80. The first-order chi connectivity index (χ1) is 11.0. The summed E-state index contributed by atoms with van der Waals surface area (Å²) in [6, 6.07) is 2.71. The summed E-state index contributed by atoms with van der Waals surface area (Å²) in [4.78, 5) is 24.6. The number of carbonyl (C=O) groups excluding carboxylic acids is 2. The molecule has 1 aliphatic rings. The maximum absolute atomic E-state index is 13.0. The SMILES string of the molecule is NC(=O)N1CCC[C@@H](C(=O)NCCOc2ccc(F)c(F)c2)C1. The first-order valence-electron chi connectivity index (χ1n) is 7.37. The van der Waals surface area contributed by atoms with Crippen LogP contribution in [-0.2, 0) is 4.79 Å². The predicted molar refractivity (Wildman–Crippen MR) is 78.7 cm³/mol. The Morgan fingerprint density at radius 1 is 1.35 bits per heavy atom. The third-order valence-corrected chi connectivity index (χ3v) is 3.66. The molecular weight excluding hydrogens is 308 g/mol. The lowest BCUT2D eigenvalue weighted by Crippen LogP contribution is -2.47. The van der Waals surface area contributed by atoms with E-state index in [1.54, 1.807) is 0 Å². The Hall–Kier alpha value is -2.38. The van der Waals surface area contributed by atoms with Crippen molar-refractivity contribution >= 4 is 11.9 Å². The number of ether oxygens (including phenoxy) is 1. The summed E-state index contributed by atoms with van der Waals surface area (Å²) < 4.78 is 31.0. The van der Waals surface area contributed by atoms with Gasteiger partial charge in [-0.05, 0) is 25.0 Å². The number of carbonyl (C=O) groups is 2. The van der Waals surface area contributed by atoms with Gasteiger partial charge >= 0.3 is 6.03 Å². The van der Waals surface area contributed by atoms with Crippen LogP contribution in [0.1, 0.15) is 12.8 Å². The first-order valence-corrected chi connectivity index (χ1v) is 7.37. The number of nitrogens with zero attached hydrogens (tertiary/aromatic N) is 1. The fourth-order valence-electron chi connectivity index (χ4n) is 2.45. The van der Waals surface area contributed by atoms with Crippen molar-refractivity contribution in [1.82, 2.24) is 10.2 Å². The van der Waals surface area contributed by atoms with Gasteiger partial charge in [-0.25, -0.2) is 13.6 Å². The summed E-state index contributed by atoms with van der Waals surface area (Å²) >= 11 is 0. The van der Waals surface area contributed by atoms with Crippen molar-refractivity contribution in [3.05, 3.63) is 29.8 Å². The largest absolute Gasteiger partial charge is 0.492 e. The Kier molecular flexibility index (Phi) is 5.72. The zero-order valence-corrected chi connectivity index (χ0v) is 12.6. The van der Waals surface area contributed by atoms with Gasteiger partial charge in [-0.2, -0.15) is 0 Å². The lowest BCUT2D eigenvalue weighted by Gasteiger charge is -2.30. The zero-order valence-electron chi connectivity index (χ0n) is 12.6. The maximum Gasteiger partial charge on any atom is 0.314 e. The van der Waals surface area contributed by atoms with E-state index in [0.29, 0.717) is 19.5 Å². The Balaban J connectivity index is 1.72. The molecule has 6 nitrogen and oxygen atoms in total. The quantitative estimate of drug-likeness (QED) is 0.798. The van der Waals surface area contributed by atoms with E-state index in [2.05, 4.69) is 5.32 Å². The second-order valence-corrected chi connectivity index (χ2v) is 5.34. The van der Waals surface area contributed by atoms with Crippen LogP contribution in [0.15, 0.2) is 18.2 Å². The zero-order chi connectivity index (χ0) is 16.8. The van der Waals surface area contributed by atoms with E-state index in [1.165, 1.54) is 11.0 Å². The van der Waals surface area contributed by atoms with Gasteiger partial charge in [0.1, 0.15) is 12.4 Å². The van der Waals surface area contributed by atoms with Crippen molar-refractivity contribution in [1.29, 1.82) is 0 Å². The molecule has 0 bridgehead atoms. The number of primary amides is 1. The molecule has 0 spiro atoms. The van der Waals surface area contributed by atoms with E-state index in [-0.39, 0.29) is 30.7 Å². The van der Waals surface area contributed by atoms with Crippen molar-refractivity contribution in [2.24, 2.45) is 11.7 Å². The average Bonchev–Trinajstić information content (AvgIpc) is 2.54. The molecule has 0 saturated carbocycles. The molecule has 3 amide bonds. The lowest BCUT2D eigenvalue weighted by molar-refractivity contribution is -0.126. The van der Waals surface area contributed by atoms with Gasteiger partial charge in [0.2, 0.25) is 5.91 Å². The van der Waals surface area contributed by atoms with Crippen LogP contribution in [-0.4, -0.2) is 43.1 Å². The first kappa shape index (κ1) is 17.0. The van der Waals surface area contributed by atoms with Crippen molar-refractivity contribution in [2.45, 2.75) is 12.8 Å². The molecule has 1 fully saturated rings. The van der Waals surface area contributed by atoms with Crippen LogP contribution in [0.2, 0.25) is 0 Å². The van der Waals surface area contributed by atoms with Gasteiger partial charge < -0.3 is 20.7 Å². The number of likely N-dealkylation sites (tertiary alicyclic amines) is 1. The number of halogens is 2. The number of hydrogen-bond acceptors (Lipinski definition) is 3. The van der Waals surface area contributed by atoms with Gasteiger partial charge in [0.25, 0.3) is 0 Å². The smallest absolute Gasteiger partial charge is 0.314 e. The third kappa shape index (κ3) is 4.80. The minimum absolute atomic E-state index is 0.128. The number of rotatable bonds is 5. The highest BCUT2D eigenvalue weighted by Crippen LogP contribution is 2.17. The molecule has 1 aliphatic heterocycles. The summed E-state index contributed by atoms with van der Waals surface area (Å²) in [5.41, 5.74) is 5.22. The average molecular weight is 327 g/mol. The van der Waals surface area contributed by atoms with Gasteiger partial charge in [0, 0.05) is 19.2 Å². The van der Waals surface area contributed by atoms with Crippen LogP contribution < -0.4 is 15.8 Å². The van der Waals surface area contributed by atoms with E-state index < -0.39 is 17.7 Å². The number of hydrogen-bond donors (Lipinski definition) is 2. The lowest BCUT2D eigenvalue weighted by atomic mass is 9.97. The van der Waals surface area contributed by atoms with Gasteiger partial charge in [0.05, 0.1) is 12.5 Å². The molecule has 0 unspecified atom stereocenters. The summed E-state index contributed by atoms with van der Waals surface area (Å²) in [7, 11) is 0. The number of piperidine rings is 1. The van der Waals surface area contributed by atoms with Crippen molar-refractivity contribution < 1.29 is 23.1 Å². The minimum atomic E-state index is -0.986. The van der Waals surface area contributed by atoms with Crippen LogP contribution in [0.4, 0.5) is 13.6 Å². The van der Waals surface area contributed by atoms with Crippen molar-refractivity contribution in [3.8, 4) is 5.75 Å². The Morgan fingerprint density at radius 3 is 2.83 bits per heavy atom. The van der Waals surface area contributed by atoms with Crippen LogP contribution in [0.5, 0.6) is 5.75 Å². The van der Waals surface area contributed by atoms with Gasteiger partial charge in [-0.1, -0.05) is 0 Å². The Bertz CT molecular complexity index is 583. The van der Waals surface area contributed by atoms with Crippen molar-refractivity contribution in [3.63, 3.8) is 0 Å². The minimum Gasteiger partial charge on any atom is -0.492 e. The Morgan fingerprint density at radius 2 is 2.13 bits per heavy atom. The molecule has 1 aromatic carbocycles. The molecule has 1 aromatic rings. The number of urea groups is 1. The van der Waals surface area contributed by atoms with Crippen LogP contribution in [0.25, 0.3) is 0 Å². The number of nitrogens with two attached hydrogens (primary N) is 1. The molecule has 126 valence electrons. The molecule has 1 saturated heterocycles. The summed E-state index contributed by atoms with van der Waals surface area (Å²) in [6.07, 6.45) is 1.42. The molecule has 1 atom stereocenters. The monoisotopic (exact) mass is 327 g/mol. The molecule has 1 heterocycles. The van der Waals surface area contributed by atoms with Crippen LogP contribution in [0, 0.1) is 17.6 Å². The van der Waals surface area contributed by atoms with E-state index >= 15 is 0 Å². The van der Waals surface area contributed by atoms with Crippen LogP contribution in [0.3, 0.4) is 0 Å². The summed E-state index contributed by atoms with van der Waals surface area (Å²) in [5.74, 6) is -2.21.